The van der Waals surface area contributed by atoms with E-state index < -0.39 is 0 Å². The largest absolute Gasteiger partial charge is 0.316 e. The molecule has 2 aliphatic rings. The smallest absolute Gasteiger partial charge is 0.272 e. The highest BCUT2D eigenvalue weighted by Crippen LogP contribution is 2.47. The van der Waals surface area contributed by atoms with Gasteiger partial charge in [0.15, 0.2) is 0 Å². The van der Waals surface area contributed by atoms with Crippen LogP contribution < -0.4 is 5.32 Å². The van der Waals surface area contributed by atoms with Gasteiger partial charge in [0, 0.05) is 11.6 Å². The van der Waals surface area contributed by atoms with Crippen LogP contribution in [0, 0.1) is 27.9 Å². The first kappa shape index (κ1) is 13.6. The van der Waals surface area contributed by atoms with E-state index in [4.69, 9.17) is 0 Å². The minimum Gasteiger partial charge on any atom is -0.316 e. The first-order valence-corrected chi connectivity index (χ1v) is 7.67. The molecule has 108 valence electrons. The van der Waals surface area contributed by atoms with Crippen molar-refractivity contribution in [1.82, 2.24) is 5.32 Å². The Morgan fingerprint density at radius 2 is 2.10 bits per heavy atom. The Labute approximate surface area is 119 Å². The zero-order chi connectivity index (χ0) is 13.9. The number of nitro benzene ring substituents is 1. The van der Waals surface area contributed by atoms with Gasteiger partial charge in [0.2, 0.25) is 0 Å². The predicted octanol–water partition coefficient (Wildman–Crippen LogP) is 3.16. The van der Waals surface area contributed by atoms with Crippen LogP contribution in [-0.2, 0) is 6.42 Å². The maximum absolute atomic E-state index is 10.9. The third-order valence-corrected chi connectivity index (χ3v) is 5.05. The van der Waals surface area contributed by atoms with E-state index in [-0.39, 0.29) is 10.6 Å². The van der Waals surface area contributed by atoms with E-state index in [2.05, 4.69) is 5.32 Å². The Balaban J connectivity index is 1.45. The van der Waals surface area contributed by atoms with Crippen molar-refractivity contribution in [3.05, 3.63) is 39.9 Å². The zero-order valence-corrected chi connectivity index (χ0v) is 11.8. The summed E-state index contributed by atoms with van der Waals surface area (Å²) in [4.78, 5) is 10.6. The lowest BCUT2D eigenvalue weighted by atomic mass is 9.89. The van der Waals surface area contributed by atoms with Gasteiger partial charge >= 0.3 is 0 Å². The molecule has 3 unspecified atom stereocenters. The van der Waals surface area contributed by atoms with Gasteiger partial charge in [-0.25, -0.2) is 0 Å². The first-order valence-electron chi connectivity index (χ1n) is 7.67. The summed E-state index contributed by atoms with van der Waals surface area (Å²) in [5, 5.41) is 14.4. The van der Waals surface area contributed by atoms with E-state index in [1.807, 2.05) is 12.1 Å². The fraction of sp³-hybridized carbons (Fsp3) is 0.625. The lowest BCUT2D eigenvalue weighted by Gasteiger charge is -2.21. The molecule has 2 fully saturated rings. The summed E-state index contributed by atoms with van der Waals surface area (Å²) in [6.07, 6.45) is 6.43. The van der Waals surface area contributed by atoms with Crippen LogP contribution in [0.2, 0.25) is 0 Å². The lowest BCUT2D eigenvalue weighted by molar-refractivity contribution is -0.385. The van der Waals surface area contributed by atoms with Gasteiger partial charge in [0.25, 0.3) is 5.69 Å². The maximum Gasteiger partial charge on any atom is 0.272 e. The predicted molar refractivity (Wildman–Crippen MR) is 78.6 cm³/mol. The fourth-order valence-electron chi connectivity index (χ4n) is 4.04. The summed E-state index contributed by atoms with van der Waals surface area (Å²) in [5.74, 6) is 2.78. The average Bonchev–Trinajstić information content (AvgIpc) is 3.06. The van der Waals surface area contributed by atoms with E-state index in [1.165, 1.54) is 25.7 Å². The molecule has 2 bridgehead atoms. The third-order valence-electron chi connectivity index (χ3n) is 5.05. The van der Waals surface area contributed by atoms with Crippen molar-refractivity contribution in [2.24, 2.45) is 17.8 Å². The van der Waals surface area contributed by atoms with Crippen molar-refractivity contribution in [2.75, 3.05) is 13.1 Å². The Hall–Kier alpha value is -1.42. The molecule has 0 aromatic heterocycles. The molecule has 2 aliphatic carbocycles. The molecule has 0 radical (unpaired) electrons. The number of rotatable bonds is 6. The summed E-state index contributed by atoms with van der Waals surface area (Å²) in [5.41, 5.74) is 1.08. The van der Waals surface area contributed by atoms with Gasteiger partial charge in [-0.05, 0) is 56.5 Å². The standard InChI is InChI=1S/C16H22N2O2/c19-18(20)16-4-2-1-3-13(16)7-8-17-11-15-10-12-5-6-14(15)9-12/h1-4,12,14-15,17H,5-11H2. The van der Waals surface area contributed by atoms with Crippen LogP contribution in [0.5, 0.6) is 0 Å². The van der Waals surface area contributed by atoms with Crippen LogP contribution in [0.3, 0.4) is 0 Å². The SMILES string of the molecule is O=[N+]([O-])c1ccccc1CCNCC1CC2CCC1C2. The van der Waals surface area contributed by atoms with Crippen molar-refractivity contribution in [3.63, 3.8) is 0 Å². The highest BCUT2D eigenvalue weighted by Gasteiger charge is 2.38. The van der Waals surface area contributed by atoms with Gasteiger partial charge in [-0.3, -0.25) is 10.1 Å². The van der Waals surface area contributed by atoms with E-state index in [0.717, 1.165) is 42.8 Å². The second-order valence-corrected chi connectivity index (χ2v) is 6.27. The van der Waals surface area contributed by atoms with E-state index >= 15 is 0 Å². The minimum atomic E-state index is -0.286. The number of fused-ring (bicyclic) bond motifs is 2. The summed E-state index contributed by atoms with van der Waals surface area (Å²) >= 11 is 0. The molecule has 0 saturated heterocycles. The van der Waals surface area contributed by atoms with Crippen molar-refractivity contribution in [3.8, 4) is 0 Å². The normalized spacial score (nSPS) is 27.9. The number of hydrogen-bond donors (Lipinski definition) is 1. The molecular weight excluding hydrogens is 252 g/mol. The Morgan fingerprint density at radius 3 is 2.80 bits per heavy atom. The molecular formula is C16H22N2O2. The number of nitrogens with zero attached hydrogens (tertiary/aromatic N) is 1. The second kappa shape index (κ2) is 5.92. The van der Waals surface area contributed by atoms with E-state index in [1.54, 1.807) is 12.1 Å². The van der Waals surface area contributed by atoms with Crippen molar-refractivity contribution < 1.29 is 4.92 Å². The number of para-hydroxylation sites is 1. The van der Waals surface area contributed by atoms with Gasteiger partial charge in [0.05, 0.1) is 4.92 Å². The molecule has 4 nitrogen and oxygen atoms in total. The quantitative estimate of drug-likeness (QED) is 0.492. The summed E-state index contributed by atoms with van der Waals surface area (Å²) in [6.45, 7) is 1.92. The number of hydrogen-bond acceptors (Lipinski definition) is 3. The molecule has 1 N–H and O–H groups in total. The Kier molecular flexibility index (Phi) is 4.01. The molecule has 2 saturated carbocycles. The molecule has 1 aromatic rings. The minimum absolute atomic E-state index is 0.245. The molecule has 0 heterocycles. The van der Waals surface area contributed by atoms with E-state index in [0.29, 0.717) is 0 Å². The molecule has 4 heteroatoms. The van der Waals surface area contributed by atoms with Crippen LogP contribution in [0.15, 0.2) is 24.3 Å². The Bertz CT molecular complexity index is 489. The van der Waals surface area contributed by atoms with Gasteiger partial charge in [-0.2, -0.15) is 0 Å². The monoisotopic (exact) mass is 274 g/mol. The van der Waals surface area contributed by atoms with Crippen LogP contribution in [0.4, 0.5) is 5.69 Å². The molecule has 20 heavy (non-hydrogen) atoms. The van der Waals surface area contributed by atoms with Gasteiger partial charge in [0.1, 0.15) is 0 Å². The maximum atomic E-state index is 10.9. The first-order chi connectivity index (χ1) is 9.74. The highest BCUT2D eigenvalue weighted by atomic mass is 16.6. The molecule has 3 rings (SSSR count). The number of nitro groups is 1. The summed E-state index contributed by atoms with van der Waals surface area (Å²) in [6, 6.07) is 7.05. The van der Waals surface area contributed by atoms with Gasteiger partial charge in [-0.1, -0.05) is 24.6 Å². The topological polar surface area (TPSA) is 55.2 Å². The average molecular weight is 274 g/mol. The zero-order valence-electron chi connectivity index (χ0n) is 11.8. The highest BCUT2D eigenvalue weighted by molar-refractivity contribution is 5.39. The molecule has 3 atom stereocenters. The van der Waals surface area contributed by atoms with Crippen molar-refractivity contribution >= 4 is 5.69 Å². The number of benzene rings is 1. The Morgan fingerprint density at radius 1 is 1.25 bits per heavy atom. The van der Waals surface area contributed by atoms with Gasteiger partial charge in [-0.15, -0.1) is 0 Å². The molecule has 0 amide bonds. The van der Waals surface area contributed by atoms with Gasteiger partial charge < -0.3 is 5.32 Å². The molecule has 0 aliphatic heterocycles. The van der Waals surface area contributed by atoms with Crippen LogP contribution in [0.25, 0.3) is 0 Å². The second-order valence-electron chi connectivity index (χ2n) is 6.27. The van der Waals surface area contributed by atoms with Crippen molar-refractivity contribution in [1.29, 1.82) is 0 Å². The number of nitrogens with one attached hydrogen (secondary N) is 1. The van der Waals surface area contributed by atoms with Crippen LogP contribution in [-0.4, -0.2) is 18.0 Å². The van der Waals surface area contributed by atoms with Crippen LogP contribution >= 0.6 is 0 Å². The van der Waals surface area contributed by atoms with Crippen molar-refractivity contribution in [2.45, 2.75) is 32.1 Å². The van der Waals surface area contributed by atoms with E-state index in [9.17, 15) is 10.1 Å². The molecule has 1 aromatic carbocycles. The summed E-state index contributed by atoms with van der Waals surface area (Å²) < 4.78 is 0. The summed E-state index contributed by atoms with van der Waals surface area (Å²) in [7, 11) is 0. The van der Waals surface area contributed by atoms with Crippen LogP contribution in [0.1, 0.15) is 31.2 Å². The molecule has 0 spiro atoms. The fourth-order valence-corrected chi connectivity index (χ4v) is 4.04. The lowest BCUT2D eigenvalue weighted by Crippen LogP contribution is -2.28. The third kappa shape index (κ3) is 2.85.